The van der Waals surface area contributed by atoms with Crippen LogP contribution in [0.15, 0.2) is 40.9 Å². The number of ether oxygens (including phenoxy) is 2. The van der Waals surface area contributed by atoms with E-state index in [1.807, 2.05) is 32.0 Å². The molecular formula is C25H24N4O5. The minimum atomic E-state index is -0.403. The maximum Gasteiger partial charge on any atom is 0.306 e. The summed E-state index contributed by atoms with van der Waals surface area (Å²) >= 11 is 0. The zero-order valence-electron chi connectivity index (χ0n) is 19.2. The van der Waals surface area contributed by atoms with E-state index in [0.717, 1.165) is 16.8 Å². The molecular weight excluding hydrogens is 436 g/mol. The number of nitriles is 1. The van der Waals surface area contributed by atoms with Crippen LogP contribution in [0.4, 0.5) is 5.69 Å². The van der Waals surface area contributed by atoms with Crippen LogP contribution < -0.4 is 9.64 Å². The molecule has 9 heteroatoms. The van der Waals surface area contributed by atoms with Crippen molar-refractivity contribution in [2.45, 2.75) is 39.2 Å². The maximum atomic E-state index is 12.5. The van der Waals surface area contributed by atoms with Crippen molar-refractivity contribution in [3.63, 3.8) is 0 Å². The first kappa shape index (κ1) is 23.0. The molecule has 0 atom stereocenters. The second-order valence-corrected chi connectivity index (χ2v) is 8.13. The normalized spacial score (nSPS) is 12.4. The van der Waals surface area contributed by atoms with Gasteiger partial charge >= 0.3 is 5.97 Å². The molecule has 9 nitrogen and oxygen atoms in total. The third-order valence-electron chi connectivity index (χ3n) is 5.44. The summed E-state index contributed by atoms with van der Waals surface area (Å²) in [5.41, 5.74) is 3.59. The lowest BCUT2D eigenvalue weighted by Gasteiger charge is -2.17. The van der Waals surface area contributed by atoms with Gasteiger partial charge in [0.15, 0.2) is 0 Å². The highest BCUT2D eigenvalue weighted by Crippen LogP contribution is 2.33. The Labute approximate surface area is 196 Å². The predicted molar refractivity (Wildman–Crippen MR) is 123 cm³/mol. The van der Waals surface area contributed by atoms with Crippen molar-refractivity contribution in [2.24, 2.45) is 0 Å². The van der Waals surface area contributed by atoms with Crippen LogP contribution in [0, 0.1) is 11.3 Å². The number of carbonyl (C=O) groups excluding carboxylic acids is 2. The number of esters is 1. The summed E-state index contributed by atoms with van der Waals surface area (Å²) in [6.45, 7) is 4.35. The smallest absolute Gasteiger partial charge is 0.306 e. The SMILES string of the molecule is COC(=O)CCC(=O)N1CCc2cc(-c3noc(-c4ccc(OC(C)C)c(C#N)c4)n3)ccc21. The summed E-state index contributed by atoms with van der Waals surface area (Å²) in [4.78, 5) is 30.0. The van der Waals surface area contributed by atoms with Crippen LogP contribution >= 0.6 is 0 Å². The van der Waals surface area contributed by atoms with Gasteiger partial charge in [0, 0.05) is 29.8 Å². The van der Waals surface area contributed by atoms with Crippen LogP contribution in [0.2, 0.25) is 0 Å². The van der Waals surface area contributed by atoms with Gasteiger partial charge in [-0.15, -0.1) is 0 Å². The fourth-order valence-corrected chi connectivity index (χ4v) is 3.81. The highest BCUT2D eigenvalue weighted by molar-refractivity contribution is 5.97. The molecule has 1 aromatic heterocycles. The number of nitrogens with zero attached hydrogens (tertiary/aromatic N) is 4. The zero-order chi connectivity index (χ0) is 24.2. The van der Waals surface area contributed by atoms with E-state index in [0.29, 0.717) is 41.6 Å². The Morgan fingerprint density at radius 2 is 1.97 bits per heavy atom. The van der Waals surface area contributed by atoms with Crippen LogP contribution in [0.3, 0.4) is 0 Å². The van der Waals surface area contributed by atoms with Gasteiger partial charge in [-0.1, -0.05) is 5.16 Å². The number of fused-ring (bicyclic) bond motifs is 1. The topological polar surface area (TPSA) is 119 Å². The molecule has 1 amide bonds. The van der Waals surface area contributed by atoms with E-state index in [2.05, 4.69) is 20.9 Å². The van der Waals surface area contributed by atoms with E-state index in [-0.39, 0.29) is 24.9 Å². The number of methoxy groups -OCH3 is 1. The Morgan fingerprint density at radius 3 is 2.71 bits per heavy atom. The molecule has 174 valence electrons. The number of rotatable bonds is 7. The van der Waals surface area contributed by atoms with E-state index in [1.54, 1.807) is 23.1 Å². The van der Waals surface area contributed by atoms with Gasteiger partial charge in [-0.05, 0) is 62.2 Å². The molecule has 0 bridgehead atoms. The lowest BCUT2D eigenvalue weighted by molar-refractivity contribution is -0.141. The number of carbonyl (C=O) groups is 2. The summed E-state index contributed by atoms with van der Waals surface area (Å²) in [5.74, 6) is 0.694. The van der Waals surface area contributed by atoms with Crippen LogP contribution in [0.1, 0.15) is 37.8 Å². The molecule has 1 aliphatic heterocycles. The standard InChI is InChI=1S/C25H24N4O5/c1-15(2)33-21-7-5-18(13-19(21)14-26)25-27-24(28-34-25)17-4-6-20-16(12-17)10-11-29(20)22(30)8-9-23(31)32-3/h4-7,12-13,15H,8-11H2,1-3H3. The van der Waals surface area contributed by atoms with Crippen molar-refractivity contribution in [3.8, 4) is 34.7 Å². The Bertz CT molecular complexity index is 1270. The summed E-state index contributed by atoms with van der Waals surface area (Å²) in [6.07, 6.45) is 0.809. The average molecular weight is 460 g/mol. The first-order valence-electron chi connectivity index (χ1n) is 10.9. The van der Waals surface area contributed by atoms with Crippen molar-refractivity contribution in [1.29, 1.82) is 5.26 Å². The van der Waals surface area contributed by atoms with E-state index < -0.39 is 5.97 Å². The number of hydrogen-bond acceptors (Lipinski definition) is 8. The molecule has 0 fully saturated rings. The lowest BCUT2D eigenvalue weighted by atomic mass is 10.1. The molecule has 34 heavy (non-hydrogen) atoms. The second-order valence-electron chi connectivity index (χ2n) is 8.13. The van der Waals surface area contributed by atoms with E-state index in [4.69, 9.17) is 9.26 Å². The van der Waals surface area contributed by atoms with Gasteiger partial charge in [0.25, 0.3) is 5.89 Å². The van der Waals surface area contributed by atoms with Crippen molar-refractivity contribution < 1.29 is 23.6 Å². The quantitative estimate of drug-likeness (QED) is 0.487. The number of hydrogen-bond donors (Lipinski definition) is 0. The van der Waals surface area contributed by atoms with Crippen LogP contribution in [0.25, 0.3) is 22.8 Å². The molecule has 0 unspecified atom stereocenters. The molecule has 0 aliphatic carbocycles. The van der Waals surface area contributed by atoms with Gasteiger partial charge in [0.2, 0.25) is 11.7 Å². The summed E-state index contributed by atoms with van der Waals surface area (Å²) < 4.78 is 15.7. The first-order valence-corrected chi connectivity index (χ1v) is 10.9. The minimum Gasteiger partial charge on any atom is -0.490 e. The Morgan fingerprint density at radius 1 is 1.18 bits per heavy atom. The van der Waals surface area contributed by atoms with Gasteiger partial charge in [0.1, 0.15) is 11.8 Å². The van der Waals surface area contributed by atoms with E-state index in [9.17, 15) is 14.9 Å². The largest absolute Gasteiger partial charge is 0.490 e. The molecule has 0 spiro atoms. The molecule has 2 heterocycles. The van der Waals surface area contributed by atoms with E-state index in [1.165, 1.54) is 7.11 Å². The highest BCUT2D eigenvalue weighted by atomic mass is 16.5. The lowest BCUT2D eigenvalue weighted by Crippen LogP contribution is -2.29. The fourth-order valence-electron chi connectivity index (χ4n) is 3.81. The summed E-state index contributed by atoms with van der Waals surface area (Å²) in [6, 6.07) is 12.9. The van der Waals surface area contributed by atoms with Crippen LogP contribution in [-0.4, -0.2) is 41.8 Å². The maximum absolute atomic E-state index is 12.5. The molecule has 2 aromatic carbocycles. The summed E-state index contributed by atoms with van der Waals surface area (Å²) in [7, 11) is 1.31. The third kappa shape index (κ3) is 4.76. The molecule has 0 radical (unpaired) electrons. The van der Waals surface area contributed by atoms with Crippen LogP contribution in [-0.2, 0) is 20.7 Å². The van der Waals surface area contributed by atoms with Gasteiger partial charge in [-0.2, -0.15) is 10.2 Å². The Kier molecular flexibility index (Phi) is 6.59. The number of anilines is 1. The first-order chi connectivity index (χ1) is 16.4. The van der Waals surface area contributed by atoms with Crippen molar-refractivity contribution in [1.82, 2.24) is 10.1 Å². The molecule has 3 aromatic rings. The zero-order valence-corrected chi connectivity index (χ0v) is 19.2. The Balaban J connectivity index is 1.52. The monoisotopic (exact) mass is 460 g/mol. The predicted octanol–water partition coefficient (Wildman–Crippen LogP) is 3.90. The van der Waals surface area contributed by atoms with E-state index >= 15 is 0 Å². The number of amides is 1. The average Bonchev–Trinajstić information content (AvgIpc) is 3.49. The highest BCUT2D eigenvalue weighted by Gasteiger charge is 2.26. The molecule has 1 aliphatic rings. The number of aromatic nitrogens is 2. The van der Waals surface area contributed by atoms with Crippen molar-refractivity contribution in [3.05, 3.63) is 47.5 Å². The van der Waals surface area contributed by atoms with Gasteiger partial charge in [-0.25, -0.2) is 0 Å². The third-order valence-corrected chi connectivity index (χ3v) is 5.44. The molecule has 0 saturated carbocycles. The molecule has 0 N–H and O–H groups in total. The number of benzene rings is 2. The van der Waals surface area contributed by atoms with Crippen molar-refractivity contribution in [2.75, 3.05) is 18.6 Å². The molecule has 4 rings (SSSR count). The fraction of sp³-hybridized carbons (Fsp3) is 0.320. The van der Waals surface area contributed by atoms with Gasteiger partial charge in [0.05, 0.1) is 25.2 Å². The van der Waals surface area contributed by atoms with Gasteiger partial charge < -0.3 is 18.9 Å². The molecule has 0 saturated heterocycles. The van der Waals surface area contributed by atoms with Crippen molar-refractivity contribution >= 4 is 17.6 Å². The Hall–Kier alpha value is -4.19. The minimum absolute atomic E-state index is 0.0492. The summed E-state index contributed by atoms with van der Waals surface area (Å²) in [5, 5.41) is 13.6. The second kappa shape index (κ2) is 9.75. The van der Waals surface area contributed by atoms with Crippen LogP contribution in [0.5, 0.6) is 5.75 Å². The van der Waals surface area contributed by atoms with Gasteiger partial charge in [-0.3, -0.25) is 9.59 Å².